The third-order valence-electron chi connectivity index (χ3n) is 4.84. The summed E-state index contributed by atoms with van der Waals surface area (Å²) in [5.74, 6) is 1.42. The van der Waals surface area contributed by atoms with Crippen LogP contribution in [0.25, 0.3) is 0 Å². The highest BCUT2D eigenvalue weighted by molar-refractivity contribution is 5.98. The van der Waals surface area contributed by atoms with E-state index in [9.17, 15) is 9.59 Å². The number of hydrogen-bond donors (Lipinski definition) is 1. The lowest BCUT2D eigenvalue weighted by Crippen LogP contribution is -2.28. The summed E-state index contributed by atoms with van der Waals surface area (Å²) in [5, 5.41) is 2.90. The monoisotopic (exact) mass is 382 g/mol. The van der Waals surface area contributed by atoms with E-state index in [1.54, 1.807) is 11.0 Å². The molecule has 0 bridgehead atoms. The van der Waals surface area contributed by atoms with E-state index < -0.39 is 5.92 Å². The average Bonchev–Trinajstić information content (AvgIpc) is 3.30. The first-order chi connectivity index (χ1) is 13.6. The standard InChI is InChI=1S/C21H22N2O5/c1-2-26-17-6-4-3-5-16(17)22-21(25)15-10-20(24)23(12-15)11-14-7-8-18-19(9-14)28-13-27-18/h3-9,15H,2,10-13H2,1H3,(H,22,25). The molecule has 2 aromatic carbocycles. The zero-order valence-corrected chi connectivity index (χ0v) is 15.6. The quantitative estimate of drug-likeness (QED) is 0.831. The van der Waals surface area contributed by atoms with Crippen LogP contribution in [0.1, 0.15) is 18.9 Å². The van der Waals surface area contributed by atoms with Crippen molar-refractivity contribution in [2.24, 2.45) is 5.92 Å². The van der Waals surface area contributed by atoms with Crippen LogP contribution < -0.4 is 19.5 Å². The SMILES string of the molecule is CCOc1ccccc1NC(=O)C1CC(=O)N(Cc2ccc3c(c2)OCO3)C1. The number of amides is 2. The molecule has 7 heteroatoms. The molecule has 4 rings (SSSR count). The molecule has 1 atom stereocenters. The van der Waals surface area contributed by atoms with Crippen molar-refractivity contribution in [1.29, 1.82) is 0 Å². The number of fused-ring (bicyclic) bond motifs is 1. The van der Waals surface area contributed by atoms with Gasteiger partial charge in [0.1, 0.15) is 5.75 Å². The average molecular weight is 382 g/mol. The Morgan fingerprint density at radius 1 is 1.21 bits per heavy atom. The number of para-hydroxylation sites is 2. The van der Waals surface area contributed by atoms with Gasteiger partial charge in [0.15, 0.2) is 11.5 Å². The van der Waals surface area contributed by atoms with Gasteiger partial charge in [0.25, 0.3) is 0 Å². The maximum Gasteiger partial charge on any atom is 0.231 e. The van der Waals surface area contributed by atoms with Gasteiger partial charge in [-0.15, -0.1) is 0 Å². The summed E-state index contributed by atoms with van der Waals surface area (Å²) in [5.41, 5.74) is 1.57. The fourth-order valence-corrected chi connectivity index (χ4v) is 3.45. The third kappa shape index (κ3) is 3.74. The molecule has 28 heavy (non-hydrogen) atoms. The van der Waals surface area contributed by atoms with E-state index in [2.05, 4.69) is 5.32 Å². The normalized spacial score (nSPS) is 17.7. The molecule has 2 amide bonds. The number of rotatable bonds is 6. The predicted molar refractivity (Wildman–Crippen MR) is 102 cm³/mol. The first-order valence-corrected chi connectivity index (χ1v) is 9.33. The second-order valence-corrected chi connectivity index (χ2v) is 6.78. The van der Waals surface area contributed by atoms with Crippen molar-refractivity contribution in [2.75, 3.05) is 25.3 Å². The fourth-order valence-electron chi connectivity index (χ4n) is 3.45. The van der Waals surface area contributed by atoms with Crippen LogP contribution in [0.4, 0.5) is 5.69 Å². The summed E-state index contributed by atoms with van der Waals surface area (Å²) in [6.07, 6.45) is 0.202. The Hall–Kier alpha value is -3.22. The van der Waals surface area contributed by atoms with Crippen LogP contribution in [-0.4, -0.2) is 36.7 Å². The van der Waals surface area contributed by atoms with E-state index in [1.165, 1.54) is 0 Å². The highest BCUT2D eigenvalue weighted by atomic mass is 16.7. The smallest absolute Gasteiger partial charge is 0.231 e. The molecule has 1 unspecified atom stereocenters. The van der Waals surface area contributed by atoms with Gasteiger partial charge < -0.3 is 24.4 Å². The number of carbonyl (C=O) groups is 2. The van der Waals surface area contributed by atoms with Gasteiger partial charge in [-0.25, -0.2) is 0 Å². The van der Waals surface area contributed by atoms with Crippen molar-refractivity contribution < 1.29 is 23.8 Å². The number of benzene rings is 2. The summed E-state index contributed by atoms with van der Waals surface area (Å²) in [7, 11) is 0. The largest absolute Gasteiger partial charge is 0.492 e. The Labute approximate surface area is 163 Å². The Morgan fingerprint density at radius 3 is 2.89 bits per heavy atom. The van der Waals surface area contributed by atoms with Crippen molar-refractivity contribution in [2.45, 2.75) is 19.9 Å². The lowest BCUT2D eigenvalue weighted by Gasteiger charge is -2.17. The summed E-state index contributed by atoms with van der Waals surface area (Å²) < 4.78 is 16.2. The zero-order chi connectivity index (χ0) is 19.5. The molecule has 0 saturated carbocycles. The molecule has 0 radical (unpaired) electrons. The third-order valence-corrected chi connectivity index (χ3v) is 4.84. The number of likely N-dealkylation sites (tertiary alicyclic amines) is 1. The fraction of sp³-hybridized carbons (Fsp3) is 0.333. The topological polar surface area (TPSA) is 77.1 Å². The molecule has 7 nitrogen and oxygen atoms in total. The minimum absolute atomic E-state index is 0.0316. The van der Waals surface area contributed by atoms with E-state index in [-0.39, 0.29) is 25.0 Å². The molecule has 2 heterocycles. The number of ether oxygens (including phenoxy) is 3. The molecule has 2 aromatic rings. The Kier molecular flexibility index (Phi) is 5.06. The summed E-state index contributed by atoms with van der Waals surface area (Å²) in [6.45, 7) is 3.44. The summed E-state index contributed by atoms with van der Waals surface area (Å²) >= 11 is 0. The van der Waals surface area contributed by atoms with Gasteiger partial charge in [-0.3, -0.25) is 9.59 Å². The van der Waals surface area contributed by atoms with E-state index in [4.69, 9.17) is 14.2 Å². The molecule has 1 N–H and O–H groups in total. The van der Waals surface area contributed by atoms with Crippen LogP contribution in [0, 0.1) is 5.92 Å². The van der Waals surface area contributed by atoms with Gasteiger partial charge in [0.05, 0.1) is 18.2 Å². The zero-order valence-electron chi connectivity index (χ0n) is 15.6. The number of hydrogen-bond acceptors (Lipinski definition) is 5. The van der Waals surface area contributed by atoms with Crippen LogP contribution in [0.5, 0.6) is 17.2 Å². The molecular formula is C21H22N2O5. The van der Waals surface area contributed by atoms with Crippen molar-refractivity contribution in [3.63, 3.8) is 0 Å². The van der Waals surface area contributed by atoms with Crippen LogP contribution in [0.15, 0.2) is 42.5 Å². The van der Waals surface area contributed by atoms with E-state index in [0.717, 1.165) is 5.56 Å². The van der Waals surface area contributed by atoms with Gasteiger partial charge in [-0.2, -0.15) is 0 Å². The number of nitrogens with one attached hydrogen (secondary N) is 1. The Balaban J connectivity index is 1.40. The minimum Gasteiger partial charge on any atom is -0.492 e. The van der Waals surface area contributed by atoms with E-state index >= 15 is 0 Å². The van der Waals surface area contributed by atoms with E-state index in [1.807, 2.05) is 43.3 Å². The molecular weight excluding hydrogens is 360 g/mol. The molecule has 2 aliphatic rings. The second kappa shape index (κ2) is 7.80. The lowest BCUT2D eigenvalue weighted by molar-refractivity contribution is -0.128. The minimum atomic E-state index is -0.392. The molecule has 2 aliphatic heterocycles. The van der Waals surface area contributed by atoms with Crippen LogP contribution in [0.3, 0.4) is 0 Å². The van der Waals surface area contributed by atoms with Crippen LogP contribution in [0.2, 0.25) is 0 Å². The van der Waals surface area contributed by atoms with Crippen molar-refractivity contribution in [1.82, 2.24) is 4.90 Å². The highest BCUT2D eigenvalue weighted by Crippen LogP contribution is 2.33. The number of carbonyl (C=O) groups excluding carboxylic acids is 2. The highest BCUT2D eigenvalue weighted by Gasteiger charge is 2.34. The van der Waals surface area contributed by atoms with Crippen molar-refractivity contribution in [3.8, 4) is 17.2 Å². The summed E-state index contributed by atoms with van der Waals surface area (Å²) in [4.78, 5) is 26.8. The number of nitrogens with zero attached hydrogens (tertiary/aromatic N) is 1. The second-order valence-electron chi connectivity index (χ2n) is 6.78. The van der Waals surface area contributed by atoms with Gasteiger partial charge in [-0.05, 0) is 36.8 Å². The maximum atomic E-state index is 12.7. The van der Waals surface area contributed by atoms with Gasteiger partial charge in [0.2, 0.25) is 18.6 Å². The first-order valence-electron chi connectivity index (χ1n) is 9.33. The van der Waals surface area contributed by atoms with Crippen LogP contribution in [-0.2, 0) is 16.1 Å². The van der Waals surface area contributed by atoms with E-state index in [0.29, 0.717) is 42.6 Å². The lowest BCUT2D eigenvalue weighted by atomic mass is 10.1. The Morgan fingerprint density at radius 2 is 2.04 bits per heavy atom. The first kappa shape index (κ1) is 18.2. The molecule has 146 valence electrons. The Bertz CT molecular complexity index is 898. The summed E-state index contributed by atoms with van der Waals surface area (Å²) in [6, 6.07) is 12.9. The maximum absolute atomic E-state index is 12.7. The van der Waals surface area contributed by atoms with Crippen molar-refractivity contribution in [3.05, 3.63) is 48.0 Å². The molecule has 0 aliphatic carbocycles. The molecule has 0 spiro atoms. The molecule has 1 saturated heterocycles. The molecule has 0 aromatic heterocycles. The number of anilines is 1. The van der Waals surface area contributed by atoms with Gasteiger partial charge >= 0.3 is 0 Å². The van der Waals surface area contributed by atoms with Gasteiger partial charge in [-0.1, -0.05) is 18.2 Å². The van der Waals surface area contributed by atoms with Crippen molar-refractivity contribution >= 4 is 17.5 Å². The predicted octanol–water partition coefficient (Wildman–Crippen LogP) is 2.80. The van der Waals surface area contributed by atoms with Crippen LogP contribution >= 0.6 is 0 Å². The molecule has 1 fully saturated rings. The van der Waals surface area contributed by atoms with Gasteiger partial charge in [0, 0.05) is 19.5 Å².